The standard InChI is InChI=1S/C16H26N2O3/c1-3-4-5-11-21-12(2)16(20)18-10-6-7-14(18)15(19)17-13-8-9-13/h3,12-14H,1,4-11H2,2H3,(H,17,19)/t12-,14?/m1/s1. The molecule has 1 aliphatic carbocycles. The molecule has 0 spiro atoms. The minimum atomic E-state index is -0.482. The van der Waals surface area contributed by atoms with Gasteiger partial charge >= 0.3 is 0 Å². The summed E-state index contributed by atoms with van der Waals surface area (Å²) in [6, 6.07) is 0.0277. The summed E-state index contributed by atoms with van der Waals surface area (Å²) in [6.45, 7) is 6.63. The van der Waals surface area contributed by atoms with Crippen LogP contribution in [0, 0.1) is 0 Å². The number of nitrogens with one attached hydrogen (secondary N) is 1. The van der Waals surface area contributed by atoms with Crippen molar-refractivity contribution >= 4 is 11.8 Å². The predicted octanol–water partition coefficient (Wildman–Crippen LogP) is 1.63. The Morgan fingerprint density at radius 2 is 2.19 bits per heavy atom. The van der Waals surface area contributed by atoms with Gasteiger partial charge in [-0.2, -0.15) is 0 Å². The maximum Gasteiger partial charge on any atom is 0.252 e. The molecule has 1 saturated carbocycles. The second-order valence-corrected chi connectivity index (χ2v) is 5.92. The Hall–Kier alpha value is -1.36. The fraction of sp³-hybridized carbons (Fsp3) is 0.750. The van der Waals surface area contributed by atoms with Gasteiger partial charge < -0.3 is 15.0 Å². The van der Waals surface area contributed by atoms with Gasteiger partial charge in [-0.15, -0.1) is 6.58 Å². The molecule has 1 saturated heterocycles. The summed E-state index contributed by atoms with van der Waals surface area (Å²) in [6.07, 6.45) is 6.89. The van der Waals surface area contributed by atoms with Gasteiger partial charge in [-0.1, -0.05) is 6.08 Å². The molecule has 1 unspecified atom stereocenters. The van der Waals surface area contributed by atoms with Crippen molar-refractivity contribution in [1.29, 1.82) is 0 Å². The molecule has 0 aromatic heterocycles. The van der Waals surface area contributed by atoms with Gasteiger partial charge in [0.1, 0.15) is 12.1 Å². The van der Waals surface area contributed by atoms with Crippen molar-refractivity contribution < 1.29 is 14.3 Å². The van der Waals surface area contributed by atoms with Crippen LogP contribution in [0.4, 0.5) is 0 Å². The summed E-state index contributed by atoms with van der Waals surface area (Å²) in [4.78, 5) is 26.3. The molecule has 2 atom stereocenters. The molecular weight excluding hydrogens is 268 g/mol. The molecule has 0 aromatic rings. The lowest BCUT2D eigenvalue weighted by atomic mass is 10.2. The van der Waals surface area contributed by atoms with E-state index in [4.69, 9.17) is 4.74 Å². The quantitative estimate of drug-likeness (QED) is 0.547. The van der Waals surface area contributed by atoms with Crippen LogP contribution in [0.3, 0.4) is 0 Å². The van der Waals surface area contributed by atoms with Gasteiger partial charge in [0.2, 0.25) is 5.91 Å². The van der Waals surface area contributed by atoms with Crippen LogP contribution in [0.15, 0.2) is 12.7 Å². The van der Waals surface area contributed by atoms with E-state index in [0.29, 0.717) is 19.2 Å². The Kier molecular flexibility index (Phi) is 5.79. The molecule has 1 aliphatic heterocycles. The molecule has 2 rings (SSSR count). The lowest BCUT2D eigenvalue weighted by molar-refractivity contribution is -0.147. The smallest absolute Gasteiger partial charge is 0.252 e. The monoisotopic (exact) mass is 294 g/mol. The Morgan fingerprint density at radius 3 is 2.86 bits per heavy atom. The highest BCUT2D eigenvalue weighted by Crippen LogP contribution is 2.23. The van der Waals surface area contributed by atoms with E-state index in [0.717, 1.165) is 38.5 Å². The number of hydrogen-bond acceptors (Lipinski definition) is 3. The fourth-order valence-electron chi connectivity index (χ4n) is 2.62. The highest BCUT2D eigenvalue weighted by Gasteiger charge is 2.37. The molecule has 1 heterocycles. The zero-order valence-corrected chi connectivity index (χ0v) is 12.8. The second-order valence-electron chi connectivity index (χ2n) is 5.92. The van der Waals surface area contributed by atoms with Gasteiger partial charge in [0, 0.05) is 19.2 Å². The number of carbonyl (C=O) groups is 2. The van der Waals surface area contributed by atoms with E-state index in [1.165, 1.54) is 0 Å². The van der Waals surface area contributed by atoms with E-state index in [-0.39, 0.29) is 17.9 Å². The molecule has 2 fully saturated rings. The molecule has 5 heteroatoms. The van der Waals surface area contributed by atoms with Gasteiger partial charge in [0.25, 0.3) is 5.91 Å². The zero-order chi connectivity index (χ0) is 15.2. The first kappa shape index (κ1) is 16.0. The topological polar surface area (TPSA) is 58.6 Å². The predicted molar refractivity (Wildman–Crippen MR) is 80.7 cm³/mol. The second kappa shape index (κ2) is 7.59. The van der Waals surface area contributed by atoms with Gasteiger partial charge in [-0.3, -0.25) is 9.59 Å². The summed E-state index contributed by atoms with van der Waals surface area (Å²) in [5.41, 5.74) is 0. The summed E-state index contributed by atoms with van der Waals surface area (Å²) in [5, 5.41) is 2.99. The summed E-state index contributed by atoms with van der Waals surface area (Å²) < 4.78 is 5.57. The van der Waals surface area contributed by atoms with Crippen molar-refractivity contribution in [3.8, 4) is 0 Å². The van der Waals surface area contributed by atoms with Gasteiger partial charge in [-0.05, 0) is 45.4 Å². The Balaban J connectivity index is 1.81. The number of amides is 2. The fourth-order valence-corrected chi connectivity index (χ4v) is 2.62. The molecule has 5 nitrogen and oxygen atoms in total. The number of unbranched alkanes of at least 4 members (excludes halogenated alkanes) is 1. The van der Waals surface area contributed by atoms with Gasteiger partial charge in [-0.25, -0.2) is 0 Å². The van der Waals surface area contributed by atoms with Crippen molar-refractivity contribution in [1.82, 2.24) is 10.2 Å². The Bertz CT molecular complexity index is 393. The van der Waals surface area contributed by atoms with Crippen LogP contribution in [0.25, 0.3) is 0 Å². The van der Waals surface area contributed by atoms with E-state index < -0.39 is 6.10 Å². The van der Waals surface area contributed by atoms with Crippen molar-refractivity contribution in [2.24, 2.45) is 0 Å². The van der Waals surface area contributed by atoms with Crippen LogP contribution in [-0.2, 0) is 14.3 Å². The van der Waals surface area contributed by atoms with Crippen molar-refractivity contribution in [3.63, 3.8) is 0 Å². The van der Waals surface area contributed by atoms with Crippen molar-refractivity contribution in [2.45, 2.75) is 63.6 Å². The van der Waals surface area contributed by atoms with Crippen LogP contribution >= 0.6 is 0 Å². The highest BCUT2D eigenvalue weighted by molar-refractivity contribution is 5.90. The molecule has 2 amide bonds. The van der Waals surface area contributed by atoms with Crippen LogP contribution in [0.1, 0.15) is 45.4 Å². The molecule has 21 heavy (non-hydrogen) atoms. The van der Waals surface area contributed by atoms with E-state index in [9.17, 15) is 9.59 Å². The first-order valence-corrected chi connectivity index (χ1v) is 7.97. The Morgan fingerprint density at radius 1 is 1.43 bits per heavy atom. The number of ether oxygens (including phenoxy) is 1. The number of likely N-dealkylation sites (tertiary alicyclic amines) is 1. The molecular formula is C16H26N2O3. The van der Waals surface area contributed by atoms with Crippen LogP contribution in [0.2, 0.25) is 0 Å². The SMILES string of the molecule is C=CCCCO[C@H](C)C(=O)N1CCCC1C(=O)NC1CC1. The average Bonchev–Trinajstić information content (AvgIpc) is 3.15. The maximum atomic E-state index is 12.4. The molecule has 0 bridgehead atoms. The lowest BCUT2D eigenvalue weighted by Crippen LogP contribution is -2.49. The van der Waals surface area contributed by atoms with E-state index in [1.807, 2.05) is 6.08 Å². The maximum absolute atomic E-state index is 12.4. The van der Waals surface area contributed by atoms with Gasteiger partial charge in [0.15, 0.2) is 0 Å². The lowest BCUT2D eigenvalue weighted by Gasteiger charge is -2.26. The minimum Gasteiger partial charge on any atom is -0.369 e. The van der Waals surface area contributed by atoms with Crippen LogP contribution in [-0.4, -0.2) is 48.1 Å². The summed E-state index contributed by atoms with van der Waals surface area (Å²) in [5.74, 6) is -0.0655. The van der Waals surface area contributed by atoms with Gasteiger partial charge in [0.05, 0.1) is 0 Å². The molecule has 1 N–H and O–H groups in total. The third-order valence-electron chi connectivity index (χ3n) is 4.03. The largest absolute Gasteiger partial charge is 0.369 e. The zero-order valence-electron chi connectivity index (χ0n) is 12.8. The van der Waals surface area contributed by atoms with E-state index >= 15 is 0 Å². The highest BCUT2D eigenvalue weighted by atomic mass is 16.5. The van der Waals surface area contributed by atoms with Crippen molar-refractivity contribution in [3.05, 3.63) is 12.7 Å². The summed E-state index contributed by atoms with van der Waals surface area (Å²) in [7, 11) is 0. The number of carbonyl (C=O) groups excluding carboxylic acids is 2. The first-order valence-electron chi connectivity index (χ1n) is 7.97. The average molecular weight is 294 g/mol. The Labute approximate surface area is 126 Å². The molecule has 118 valence electrons. The number of hydrogen-bond donors (Lipinski definition) is 1. The molecule has 0 radical (unpaired) electrons. The third-order valence-corrected chi connectivity index (χ3v) is 4.03. The minimum absolute atomic E-state index is 0.00204. The molecule has 2 aliphatic rings. The third kappa shape index (κ3) is 4.56. The number of rotatable bonds is 8. The van der Waals surface area contributed by atoms with Crippen molar-refractivity contribution in [2.75, 3.05) is 13.2 Å². The number of nitrogens with zero attached hydrogens (tertiary/aromatic N) is 1. The number of allylic oxidation sites excluding steroid dienone is 1. The molecule has 0 aromatic carbocycles. The van der Waals surface area contributed by atoms with Crippen LogP contribution < -0.4 is 5.32 Å². The summed E-state index contributed by atoms with van der Waals surface area (Å²) >= 11 is 0. The van der Waals surface area contributed by atoms with Crippen LogP contribution in [0.5, 0.6) is 0 Å². The first-order chi connectivity index (χ1) is 10.1. The van der Waals surface area contributed by atoms with E-state index in [2.05, 4.69) is 11.9 Å². The van der Waals surface area contributed by atoms with E-state index in [1.54, 1.807) is 11.8 Å². The normalized spacial score (nSPS) is 22.9.